The molecule has 0 saturated carbocycles. The number of halogens is 3. The maximum atomic E-state index is 6.14. The van der Waals surface area contributed by atoms with Crippen molar-refractivity contribution in [2.24, 2.45) is 0 Å². The molecule has 0 spiro atoms. The zero-order valence-corrected chi connectivity index (χ0v) is 13.8. The number of benzene rings is 1. The minimum Gasteiger partial charge on any atom is -0.232 e. The van der Waals surface area contributed by atoms with E-state index in [4.69, 9.17) is 11.6 Å². The molecule has 0 aliphatic heterocycles. The van der Waals surface area contributed by atoms with Crippen LogP contribution >= 0.6 is 43.5 Å². The van der Waals surface area contributed by atoms with Crippen molar-refractivity contribution in [1.82, 2.24) is 9.97 Å². The summed E-state index contributed by atoms with van der Waals surface area (Å²) in [5.74, 6) is 0.938. The first-order chi connectivity index (χ1) is 8.49. The van der Waals surface area contributed by atoms with Crippen LogP contribution in [0.4, 0.5) is 0 Å². The van der Waals surface area contributed by atoms with Gasteiger partial charge < -0.3 is 0 Å². The Balaban J connectivity index is 2.55. The van der Waals surface area contributed by atoms with E-state index >= 15 is 0 Å². The van der Waals surface area contributed by atoms with Crippen LogP contribution in [0.2, 0.25) is 5.15 Å². The second-order valence-electron chi connectivity index (χ2n) is 4.20. The number of aromatic nitrogens is 2. The smallest absolute Gasteiger partial charge is 0.161 e. The van der Waals surface area contributed by atoms with E-state index < -0.39 is 0 Å². The van der Waals surface area contributed by atoms with E-state index in [0.29, 0.717) is 11.0 Å². The Hall–Kier alpha value is -0.450. The Labute approximate surface area is 128 Å². The molecule has 0 atom stereocenters. The van der Waals surface area contributed by atoms with E-state index in [2.05, 4.69) is 55.7 Å². The summed E-state index contributed by atoms with van der Waals surface area (Å²) in [5.41, 5.74) is 1.88. The first kappa shape index (κ1) is 14.0. The van der Waals surface area contributed by atoms with Crippen LogP contribution in [0.15, 0.2) is 33.2 Å². The Morgan fingerprint density at radius 3 is 2.22 bits per heavy atom. The third-order valence-corrected chi connectivity index (χ3v) is 4.30. The van der Waals surface area contributed by atoms with Gasteiger partial charge in [-0.05, 0) is 34.0 Å². The Kier molecular flexibility index (Phi) is 4.41. The minimum atomic E-state index is 0.286. The lowest BCUT2D eigenvalue weighted by atomic mass is 10.1. The maximum Gasteiger partial charge on any atom is 0.161 e. The van der Waals surface area contributed by atoms with Gasteiger partial charge in [0.1, 0.15) is 5.15 Å². The Morgan fingerprint density at radius 2 is 1.67 bits per heavy atom. The van der Waals surface area contributed by atoms with Gasteiger partial charge in [0.25, 0.3) is 0 Å². The van der Waals surface area contributed by atoms with Crippen molar-refractivity contribution in [3.05, 3.63) is 44.1 Å². The van der Waals surface area contributed by atoms with Crippen molar-refractivity contribution in [3.63, 3.8) is 0 Å². The molecule has 1 heterocycles. The highest BCUT2D eigenvalue weighted by atomic mass is 79.9. The lowest BCUT2D eigenvalue weighted by Crippen LogP contribution is -2.00. The van der Waals surface area contributed by atoms with Crippen molar-refractivity contribution in [1.29, 1.82) is 0 Å². The summed E-state index contributed by atoms with van der Waals surface area (Å²) in [4.78, 5) is 8.88. The predicted molar refractivity (Wildman–Crippen MR) is 82.0 cm³/mol. The molecule has 0 unspecified atom stereocenters. The molecule has 0 radical (unpaired) electrons. The van der Waals surface area contributed by atoms with Gasteiger partial charge in [0, 0.05) is 10.0 Å². The molecule has 0 saturated heterocycles. The third kappa shape index (κ3) is 2.92. The number of rotatable bonds is 2. The fourth-order valence-electron chi connectivity index (χ4n) is 1.55. The molecule has 2 aromatic rings. The molecule has 94 valence electrons. The molecule has 1 aromatic carbocycles. The molecule has 5 heteroatoms. The van der Waals surface area contributed by atoms with E-state index in [9.17, 15) is 0 Å². The zero-order valence-electron chi connectivity index (χ0n) is 9.92. The topological polar surface area (TPSA) is 25.8 Å². The van der Waals surface area contributed by atoms with Gasteiger partial charge in [0.2, 0.25) is 0 Å². The van der Waals surface area contributed by atoms with Gasteiger partial charge in [0.05, 0.1) is 10.2 Å². The quantitative estimate of drug-likeness (QED) is 0.638. The van der Waals surface area contributed by atoms with Crippen LogP contribution < -0.4 is 0 Å². The molecule has 0 fully saturated rings. The number of hydrogen-bond donors (Lipinski definition) is 0. The first-order valence-electron chi connectivity index (χ1n) is 5.48. The summed E-state index contributed by atoms with van der Waals surface area (Å²) >= 11 is 13.0. The van der Waals surface area contributed by atoms with Crippen molar-refractivity contribution in [2.45, 2.75) is 19.8 Å². The predicted octanol–water partition coefficient (Wildman–Crippen LogP) is 5.45. The molecule has 0 N–H and O–H groups in total. The molecule has 0 bridgehead atoms. The average molecular weight is 391 g/mol. The SMILES string of the molecule is CC(C)c1nc(-c2ccc(Br)cc2)nc(Cl)c1Br. The van der Waals surface area contributed by atoms with Crippen molar-refractivity contribution < 1.29 is 0 Å². The summed E-state index contributed by atoms with van der Waals surface area (Å²) < 4.78 is 1.80. The molecule has 0 aliphatic rings. The summed E-state index contributed by atoms with van der Waals surface area (Å²) in [6.07, 6.45) is 0. The van der Waals surface area contributed by atoms with Crippen molar-refractivity contribution in [2.75, 3.05) is 0 Å². The molecule has 2 rings (SSSR count). The van der Waals surface area contributed by atoms with Crippen LogP contribution in [0.5, 0.6) is 0 Å². The second kappa shape index (κ2) is 5.68. The van der Waals surface area contributed by atoms with Gasteiger partial charge in [0.15, 0.2) is 5.82 Å². The van der Waals surface area contributed by atoms with Gasteiger partial charge in [-0.25, -0.2) is 9.97 Å². The Bertz CT molecular complexity index is 568. The minimum absolute atomic E-state index is 0.286. The van der Waals surface area contributed by atoms with Crippen LogP contribution in [0, 0.1) is 0 Å². The largest absolute Gasteiger partial charge is 0.232 e. The molecule has 18 heavy (non-hydrogen) atoms. The summed E-state index contributed by atoms with van der Waals surface area (Å²) in [7, 11) is 0. The van der Waals surface area contributed by atoms with Gasteiger partial charge in [-0.2, -0.15) is 0 Å². The lowest BCUT2D eigenvalue weighted by molar-refractivity contribution is 0.809. The first-order valence-corrected chi connectivity index (χ1v) is 7.44. The van der Waals surface area contributed by atoms with Crippen LogP contribution in [0.3, 0.4) is 0 Å². The monoisotopic (exact) mass is 388 g/mol. The summed E-state index contributed by atoms with van der Waals surface area (Å²) in [5, 5.41) is 0.451. The van der Waals surface area contributed by atoms with Crippen LogP contribution in [-0.4, -0.2) is 9.97 Å². The fourth-order valence-corrected chi connectivity index (χ4v) is 2.62. The fraction of sp³-hybridized carbons (Fsp3) is 0.231. The van der Waals surface area contributed by atoms with Crippen LogP contribution in [0.1, 0.15) is 25.5 Å². The highest BCUT2D eigenvalue weighted by Gasteiger charge is 2.14. The highest BCUT2D eigenvalue weighted by molar-refractivity contribution is 9.10. The zero-order chi connectivity index (χ0) is 13.3. The number of hydrogen-bond acceptors (Lipinski definition) is 2. The molecule has 1 aromatic heterocycles. The van der Waals surface area contributed by atoms with Gasteiger partial charge >= 0.3 is 0 Å². The Morgan fingerprint density at radius 1 is 1.06 bits per heavy atom. The molecule has 2 nitrogen and oxygen atoms in total. The third-order valence-electron chi connectivity index (χ3n) is 2.49. The molecular formula is C13H11Br2ClN2. The van der Waals surface area contributed by atoms with Gasteiger partial charge in [-0.15, -0.1) is 0 Å². The summed E-state index contributed by atoms with van der Waals surface area (Å²) in [6, 6.07) is 7.86. The van der Waals surface area contributed by atoms with Crippen LogP contribution in [0.25, 0.3) is 11.4 Å². The normalized spacial score (nSPS) is 11.0. The van der Waals surface area contributed by atoms with E-state index in [1.165, 1.54) is 0 Å². The van der Waals surface area contributed by atoms with Gasteiger partial charge in [-0.3, -0.25) is 0 Å². The standard InChI is InChI=1S/C13H11Br2ClN2/c1-7(2)11-10(15)12(16)18-13(17-11)8-3-5-9(14)6-4-8/h3-7H,1-2H3. The van der Waals surface area contributed by atoms with E-state index in [0.717, 1.165) is 20.2 Å². The average Bonchev–Trinajstić information content (AvgIpc) is 2.33. The van der Waals surface area contributed by atoms with Gasteiger partial charge in [-0.1, -0.05) is 53.5 Å². The molecule has 0 aliphatic carbocycles. The summed E-state index contributed by atoms with van der Waals surface area (Å²) in [6.45, 7) is 4.16. The second-order valence-corrected chi connectivity index (χ2v) is 6.27. The van der Waals surface area contributed by atoms with E-state index in [1.807, 2.05) is 24.3 Å². The van der Waals surface area contributed by atoms with Crippen LogP contribution in [-0.2, 0) is 0 Å². The molecular weight excluding hydrogens is 379 g/mol. The molecule has 0 amide bonds. The van der Waals surface area contributed by atoms with E-state index in [1.54, 1.807) is 0 Å². The highest BCUT2D eigenvalue weighted by Crippen LogP contribution is 2.31. The maximum absolute atomic E-state index is 6.14. The van der Waals surface area contributed by atoms with E-state index in [-0.39, 0.29) is 5.92 Å². The van der Waals surface area contributed by atoms with Crippen molar-refractivity contribution in [3.8, 4) is 11.4 Å². The lowest BCUT2D eigenvalue weighted by Gasteiger charge is -2.10. The van der Waals surface area contributed by atoms with Crippen molar-refractivity contribution >= 4 is 43.5 Å². The number of nitrogens with zero attached hydrogens (tertiary/aromatic N) is 2.